The number of ether oxygens (including phenoxy) is 2. The standard InChI is InChI=1S/C17H16N2O3/c1-4-7-22-16-9-12(5-6-15(16)21-3)13-8-11(2)19-17(20)14(13)10-18/h4-6,8-9H,1,7H2,2-3H3,(H,19,20). The van der Waals surface area contributed by atoms with Gasteiger partial charge in [0.2, 0.25) is 0 Å². The van der Waals surface area contributed by atoms with Gasteiger partial charge in [-0.2, -0.15) is 5.26 Å². The lowest BCUT2D eigenvalue weighted by Gasteiger charge is -2.12. The van der Waals surface area contributed by atoms with Crippen molar-refractivity contribution < 1.29 is 9.47 Å². The van der Waals surface area contributed by atoms with Gasteiger partial charge in [0.05, 0.1) is 7.11 Å². The Balaban J connectivity index is 2.61. The summed E-state index contributed by atoms with van der Waals surface area (Å²) in [5.74, 6) is 1.10. The van der Waals surface area contributed by atoms with E-state index in [1.165, 1.54) is 0 Å². The Morgan fingerprint density at radius 2 is 2.14 bits per heavy atom. The summed E-state index contributed by atoms with van der Waals surface area (Å²) >= 11 is 0. The molecule has 0 aliphatic heterocycles. The highest BCUT2D eigenvalue weighted by Gasteiger charge is 2.13. The quantitative estimate of drug-likeness (QED) is 0.861. The molecule has 22 heavy (non-hydrogen) atoms. The van der Waals surface area contributed by atoms with Crippen molar-refractivity contribution >= 4 is 0 Å². The minimum Gasteiger partial charge on any atom is -0.493 e. The second-order valence-corrected chi connectivity index (χ2v) is 4.65. The van der Waals surface area contributed by atoms with Crippen LogP contribution in [0.4, 0.5) is 0 Å². The molecule has 0 saturated heterocycles. The first-order valence-electron chi connectivity index (χ1n) is 6.66. The van der Waals surface area contributed by atoms with Gasteiger partial charge in [0.15, 0.2) is 11.5 Å². The van der Waals surface area contributed by atoms with Gasteiger partial charge in [-0.15, -0.1) is 0 Å². The summed E-state index contributed by atoms with van der Waals surface area (Å²) in [7, 11) is 1.55. The van der Waals surface area contributed by atoms with E-state index in [4.69, 9.17) is 9.47 Å². The molecule has 1 aromatic heterocycles. The molecule has 2 rings (SSSR count). The molecule has 1 aromatic carbocycles. The van der Waals surface area contributed by atoms with Crippen molar-refractivity contribution in [1.82, 2.24) is 4.98 Å². The lowest BCUT2D eigenvalue weighted by Crippen LogP contribution is -2.12. The summed E-state index contributed by atoms with van der Waals surface area (Å²) in [6, 6.07) is 8.99. The van der Waals surface area contributed by atoms with Crippen molar-refractivity contribution in [2.45, 2.75) is 6.92 Å². The van der Waals surface area contributed by atoms with E-state index in [9.17, 15) is 10.1 Å². The van der Waals surface area contributed by atoms with Crippen LogP contribution in [0.3, 0.4) is 0 Å². The highest BCUT2D eigenvalue weighted by molar-refractivity contribution is 5.72. The lowest BCUT2D eigenvalue weighted by molar-refractivity contribution is 0.326. The predicted octanol–water partition coefficient (Wildman–Crippen LogP) is 2.80. The van der Waals surface area contributed by atoms with E-state index in [0.717, 1.165) is 0 Å². The molecule has 0 atom stereocenters. The van der Waals surface area contributed by atoms with E-state index in [1.54, 1.807) is 44.4 Å². The molecule has 0 unspecified atom stereocenters. The molecule has 0 fully saturated rings. The molecule has 2 aromatic rings. The van der Waals surface area contributed by atoms with Gasteiger partial charge < -0.3 is 14.5 Å². The van der Waals surface area contributed by atoms with Gasteiger partial charge in [-0.3, -0.25) is 4.79 Å². The van der Waals surface area contributed by atoms with Crippen LogP contribution >= 0.6 is 0 Å². The molecule has 5 heteroatoms. The minimum atomic E-state index is -0.401. The van der Waals surface area contributed by atoms with E-state index < -0.39 is 5.56 Å². The molecule has 1 heterocycles. The number of nitrogens with one attached hydrogen (secondary N) is 1. The first kappa shape index (κ1) is 15.4. The smallest absolute Gasteiger partial charge is 0.266 e. The predicted molar refractivity (Wildman–Crippen MR) is 84.2 cm³/mol. The fourth-order valence-electron chi connectivity index (χ4n) is 2.13. The van der Waals surface area contributed by atoms with Gasteiger partial charge in [0.25, 0.3) is 5.56 Å². The normalized spacial score (nSPS) is 9.86. The van der Waals surface area contributed by atoms with Crippen molar-refractivity contribution in [1.29, 1.82) is 5.26 Å². The Labute approximate surface area is 128 Å². The number of hydrogen-bond acceptors (Lipinski definition) is 4. The van der Waals surface area contributed by atoms with Crippen LogP contribution in [0, 0.1) is 18.3 Å². The van der Waals surface area contributed by atoms with Gasteiger partial charge in [0.1, 0.15) is 18.2 Å². The molecule has 0 saturated carbocycles. The van der Waals surface area contributed by atoms with Crippen molar-refractivity contribution in [2.24, 2.45) is 0 Å². The number of nitriles is 1. The highest BCUT2D eigenvalue weighted by Crippen LogP contribution is 2.33. The molecular formula is C17H16N2O3. The first-order valence-corrected chi connectivity index (χ1v) is 6.66. The lowest BCUT2D eigenvalue weighted by atomic mass is 10.0. The maximum atomic E-state index is 11.9. The van der Waals surface area contributed by atoms with Crippen LogP contribution in [0.5, 0.6) is 11.5 Å². The topological polar surface area (TPSA) is 75.1 Å². The summed E-state index contributed by atoms with van der Waals surface area (Å²) in [6.45, 7) is 5.71. The number of aromatic amines is 1. The van der Waals surface area contributed by atoms with Gasteiger partial charge in [0, 0.05) is 11.3 Å². The van der Waals surface area contributed by atoms with Crippen molar-refractivity contribution in [3.63, 3.8) is 0 Å². The number of aryl methyl sites for hydroxylation is 1. The summed E-state index contributed by atoms with van der Waals surface area (Å²) in [5.41, 5.74) is 1.64. The largest absolute Gasteiger partial charge is 0.493 e. The average Bonchev–Trinajstić information content (AvgIpc) is 2.52. The monoisotopic (exact) mass is 296 g/mol. The second kappa shape index (κ2) is 6.64. The third kappa shape index (κ3) is 3.01. The van der Waals surface area contributed by atoms with E-state index in [0.29, 0.717) is 34.9 Å². The molecule has 1 N–H and O–H groups in total. The van der Waals surface area contributed by atoms with E-state index in [1.807, 2.05) is 6.07 Å². The molecule has 0 radical (unpaired) electrons. The van der Waals surface area contributed by atoms with Gasteiger partial charge in [-0.25, -0.2) is 0 Å². The zero-order chi connectivity index (χ0) is 16.1. The van der Waals surface area contributed by atoms with E-state index in [2.05, 4.69) is 11.6 Å². The summed E-state index contributed by atoms with van der Waals surface area (Å²) in [5, 5.41) is 9.22. The maximum absolute atomic E-state index is 11.9. The Morgan fingerprint density at radius 3 is 2.77 bits per heavy atom. The summed E-state index contributed by atoms with van der Waals surface area (Å²) in [4.78, 5) is 14.5. The molecule has 0 bridgehead atoms. The number of hydrogen-bond donors (Lipinski definition) is 1. The molecular weight excluding hydrogens is 280 g/mol. The van der Waals surface area contributed by atoms with Crippen LogP contribution < -0.4 is 15.0 Å². The van der Waals surface area contributed by atoms with Crippen LogP contribution in [0.15, 0.2) is 41.7 Å². The number of nitrogens with zero attached hydrogens (tertiary/aromatic N) is 1. The van der Waals surface area contributed by atoms with Crippen LogP contribution in [0.2, 0.25) is 0 Å². The Hall–Kier alpha value is -3.00. The molecule has 0 amide bonds. The Kier molecular flexibility index (Phi) is 4.64. The molecule has 112 valence electrons. The fraction of sp³-hybridized carbons (Fsp3) is 0.176. The Morgan fingerprint density at radius 1 is 1.36 bits per heavy atom. The Bertz CT molecular complexity index is 801. The zero-order valence-electron chi connectivity index (χ0n) is 12.5. The number of methoxy groups -OCH3 is 1. The van der Waals surface area contributed by atoms with E-state index >= 15 is 0 Å². The number of pyridine rings is 1. The van der Waals surface area contributed by atoms with Gasteiger partial charge in [-0.1, -0.05) is 18.7 Å². The number of benzene rings is 1. The maximum Gasteiger partial charge on any atom is 0.266 e. The van der Waals surface area contributed by atoms with Crippen LogP contribution in [-0.2, 0) is 0 Å². The third-order valence-corrected chi connectivity index (χ3v) is 3.11. The van der Waals surface area contributed by atoms with Gasteiger partial charge in [-0.05, 0) is 30.7 Å². The molecule has 0 aliphatic carbocycles. The number of rotatable bonds is 5. The average molecular weight is 296 g/mol. The van der Waals surface area contributed by atoms with Crippen molar-refractivity contribution in [2.75, 3.05) is 13.7 Å². The SMILES string of the molecule is C=CCOc1cc(-c2cc(C)[nH]c(=O)c2C#N)ccc1OC. The number of aromatic nitrogens is 1. The molecule has 0 spiro atoms. The fourth-order valence-corrected chi connectivity index (χ4v) is 2.13. The van der Waals surface area contributed by atoms with Crippen molar-refractivity contribution in [3.05, 3.63) is 58.5 Å². The molecule has 0 aliphatic rings. The van der Waals surface area contributed by atoms with Crippen LogP contribution in [0.1, 0.15) is 11.3 Å². The highest BCUT2D eigenvalue weighted by atomic mass is 16.5. The van der Waals surface area contributed by atoms with Crippen LogP contribution in [0.25, 0.3) is 11.1 Å². The second-order valence-electron chi connectivity index (χ2n) is 4.65. The summed E-state index contributed by atoms with van der Waals surface area (Å²) < 4.78 is 10.8. The van der Waals surface area contributed by atoms with Gasteiger partial charge >= 0.3 is 0 Å². The minimum absolute atomic E-state index is 0.0745. The first-order chi connectivity index (χ1) is 10.6. The third-order valence-electron chi connectivity index (χ3n) is 3.11. The van der Waals surface area contributed by atoms with Crippen LogP contribution in [-0.4, -0.2) is 18.7 Å². The van der Waals surface area contributed by atoms with Crippen molar-refractivity contribution in [3.8, 4) is 28.7 Å². The molecule has 5 nitrogen and oxygen atoms in total. The number of H-pyrrole nitrogens is 1. The summed E-state index contributed by atoms with van der Waals surface area (Å²) in [6.07, 6.45) is 1.63. The zero-order valence-corrected chi connectivity index (χ0v) is 12.5. The van der Waals surface area contributed by atoms with E-state index in [-0.39, 0.29) is 5.56 Å².